The van der Waals surface area contributed by atoms with Crippen LogP contribution in [0.3, 0.4) is 0 Å². The van der Waals surface area contributed by atoms with Crippen molar-refractivity contribution in [2.75, 3.05) is 12.4 Å². The molecule has 0 bridgehead atoms. The van der Waals surface area contributed by atoms with Crippen molar-refractivity contribution in [3.8, 4) is 5.75 Å². The van der Waals surface area contributed by atoms with E-state index in [2.05, 4.69) is 5.32 Å². The maximum absolute atomic E-state index is 11.5. The number of methoxy groups -OCH3 is 1. The van der Waals surface area contributed by atoms with Crippen LogP contribution in [0, 0.1) is 0 Å². The summed E-state index contributed by atoms with van der Waals surface area (Å²) in [5, 5.41) is 12.0. The second kappa shape index (κ2) is 5.39. The molecule has 0 fully saturated rings. The van der Waals surface area contributed by atoms with Gasteiger partial charge < -0.3 is 15.2 Å². The average molecular weight is 264 g/mol. The van der Waals surface area contributed by atoms with Gasteiger partial charge in [0.05, 0.1) is 10.0 Å². The van der Waals surface area contributed by atoms with Crippen molar-refractivity contribution in [2.24, 2.45) is 0 Å². The fourth-order valence-corrected chi connectivity index (χ4v) is 1.48. The minimum absolute atomic E-state index is 0.0767. The quantitative estimate of drug-likeness (QED) is 0.825. The summed E-state index contributed by atoms with van der Waals surface area (Å²) >= 11 is 11.4. The number of aromatic hydroxyl groups is 1. The number of carbonyl (C=O) groups excluding carboxylic acids is 1. The fraction of sp³-hybridized carbons (Fsp3) is 0.300. The Balaban J connectivity index is 2.87. The highest BCUT2D eigenvalue weighted by Crippen LogP contribution is 2.34. The minimum Gasteiger partial charge on any atom is -0.505 e. The topological polar surface area (TPSA) is 58.6 Å². The monoisotopic (exact) mass is 263 g/mol. The van der Waals surface area contributed by atoms with E-state index in [1.165, 1.54) is 19.2 Å². The van der Waals surface area contributed by atoms with Crippen molar-refractivity contribution in [3.05, 3.63) is 22.2 Å². The molecule has 16 heavy (non-hydrogen) atoms. The predicted molar refractivity (Wildman–Crippen MR) is 63.2 cm³/mol. The van der Waals surface area contributed by atoms with E-state index >= 15 is 0 Å². The van der Waals surface area contributed by atoms with Gasteiger partial charge in [0.1, 0.15) is 6.10 Å². The molecule has 1 atom stereocenters. The number of nitrogens with one attached hydrogen (secondary N) is 1. The van der Waals surface area contributed by atoms with Crippen molar-refractivity contribution >= 4 is 34.8 Å². The normalized spacial score (nSPS) is 12.2. The zero-order valence-electron chi connectivity index (χ0n) is 8.75. The van der Waals surface area contributed by atoms with Gasteiger partial charge in [0.2, 0.25) is 0 Å². The first-order valence-corrected chi connectivity index (χ1v) is 5.23. The molecule has 6 heteroatoms. The molecule has 0 saturated carbocycles. The van der Waals surface area contributed by atoms with Crippen LogP contribution in [0.2, 0.25) is 10.0 Å². The lowest BCUT2D eigenvalue weighted by atomic mass is 10.2. The lowest BCUT2D eigenvalue weighted by Crippen LogP contribution is -2.26. The van der Waals surface area contributed by atoms with E-state index in [0.29, 0.717) is 5.69 Å². The van der Waals surface area contributed by atoms with Crippen LogP contribution >= 0.6 is 23.2 Å². The number of phenolic OH excluding ortho intramolecular Hbond substituents is 1. The van der Waals surface area contributed by atoms with Crippen LogP contribution in [0.25, 0.3) is 0 Å². The number of carbonyl (C=O) groups is 1. The molecule has 1 rings (SSSR count). The van der Waals surface area contributed by atoms with Crippen LogP contribution in [-0.4, -0.2) is 24.2 Å². The number of phenols is 1. The van der Waals surface area contributed by atoms with E-state index < -0.39 is 6.10 Å². The number of hydrogen-bond acceptors (Lipinski definition) is 3. The molecule has 0 spiro atoms. The van der Waals surface area contributed by atoms with Crippen LogP contribution in [0.15, 0.2) is 12.1 Å². The molecule has 4 nitrogen and oxygen atoms in total. The third kappa shape index (κ3) is 3.01. The Labute approximate surface area is 103 Å². The number of benzene rings is 1. The predicted octanol–water partition coefficient (Wildman–Crippen LogP) is 2.67. The number of rotatable bonds is 3. The summed E-state index contributed by atoms with van der Waals surface area (Å²) < 4.78 is 4.84. The van der Waals surface area contributed by atoms with Crippen molar-refractivity contribution in [1.82, 2.24) is 0 Å². The molecule has 0 aliphatic heterocycles. The first-order chi connectivity index (χ1) is 7.45. The number of ether oxygens (including phenoxy) is 1. The molecule has 0 aliphatic rings. The molecular weight excluding hydrogens is 253 g/mol. The zero-order chi connectivity index (χ0) is 12.3. The van der Waals surface area contributed by atoms with E-state index in [4.69, 9.17) is 27.9 Å². The lowest BCUT2D eigenvalue weighted by molar-refractivity contribution is -0.124. The molecule has 0 saturated heterocycles. The highest BCUT2D eigenvalue weighted by Gasteiger charge is 2.13. The Morgan fingerprint density at radius 3 is 2.38 bits per heavy atom. The van der Waals surface area contributed by atoms with Gasteiger partial charge in [-0.25, -0.2) is 0 Å². The molecule has 1 aromatic rings. The first-order valence-electron chi connectivity index (χ1n) is 4.47. The summed E-state index contributed by atoms with van der Waals surface area (Å²) in [6.07, 6.45) is -0.577. The molecule has 0 aromatic heterocycles. The van der Waals surface area contributed by atoms with Crippen molar-refractivity contribution < 1.29 is 14.6 Å². The number of halogens is 2. The first kappa shape index (κ1) is 13.1. The van der Waals surface area contributed by atoms with Crippen LogP contribution in [0.5, 0.6) is 5.75 Å². The largest absolute Gasteiger partial charge is 0.505 e. The molecule has 1 amide bonds. The van der Waals surface area contributed by atoms with Crippen LogP contribution in [-0.2, 0) is 9.53 Å². The van der Waals surface area contributed by atoms with Crippen molar-refractivity contribution in [2.45, 2.75) is 13.0 Å². The molecule has 2 N–H and O–H groups in total. The Bertz CT molecular complexity index is 386. The summed E-state index contributed by atoms with van der Waals surface area (Å²) in [6.45, 7) is 1.61. The fourth-order valence-electron chi connectivity index (χ4n) is 0.989. The van der Waals surface area contributed by atoms with E-state index in [-0.39, 0.29) is 21.7 Å². The average Bonchev–Trinajstić information content (AvgIpc) is 2.24. The molecular formula is C10H11Cl2NO3. The van der Waals surface area contributed by atoms with Crippen LogP contribution in [0.1, 0.15) is 6.92 Å². The highest BCUT2D eigenvalue weighted by molar-refractivity contribution is 6.37. The smallest absolute Gasteiger partial charge is 0.253 e. The molecule has 1 aromatic carbocycles. The standard InChI is InChI=1S/C10H11Cl2NO3/c1-5(16-2)10(15)13-6-3-7(11)9(14)8(12)4-6/h3-5,14H,1-2H3,(H,13,15). The molecule has 0 heterocycles. The summed E-state index contributed by atoms with van der Waals surface area (Å²) in [6, 6.07) is 2.81. The summed E-state index contributed by atoms with van der Waals surface area (Å²) in [7, 11) is 1.43. The van der Waals surface area contributed by atoms with Crippen LogP contribution in [0.4, 0.5) is 5.69 Å². The van der Waals surface area contributed by atoms with E-state index in [1.807, 2.05) is 0 Å². The SMILES string of the molecule is COC(C)C(=O)Nc1cc(Cl)c(O)c(Cl)c1. The number of anilines is 1. The highest BCUT2D eigenvalue weighted by atomic mass is 35.5. The van der Waals surface area contributed by atoms with Crippen molar-refractivity contribution in [1.29, 1.82) is 0 Å². The van der Waals surface area contributed by atoms with Crippen molar-refractivity contribution in [3.63, 3.8) is 0 Å². The number of amides is 1. The Morgan fingerprint density at radius 1 is 1.44 bits per heavy atom. The van der Waals surface area contributed by atoms with E-state index in [9.17, 15) is 9.90 Å². The minimum atomic E-state index is -0.577. The van der Waals surface area contributed by atoms with Gasteiger partial charge in [0.25, 0.3) is 5.91 Å². The Hall–Kier alpha value is -0.970. The van der Waals surface area contributed by atoms with Gasteiger partial charge in [-0.15, -0.1) is 0 Å². The summed E-state index contributed by atoms with van der Waals surface area (Å²) in [5.74, 6) is -0.526. The Kier molecular flexibility index (Phi) is 4.41. The van der Waals surface area contributed by atoms with Gasteiger partial charge in [0, 0.05) is 12.8 Å². The van der Waals surface area contributed by atoms with E-state index in [0.717, 1.165) is 0 Å². The second-order valence-electron chi connectivity index (χ2n) is 3.16. The van der Waals surface area contributed by atoms with Gasteiger partial charge in [-0.3, -0.25) is 4.79 Å². The number of hydrogen-bond donors (Lipinski definition) is 2. The maximum atomic E-state index is 11.5. The summed E-state index contributed by atoms with van der Waals surface area (Å²) in [5.41, 5.74) is 0.404. The van der Waals surface area contributed by atoms with Gasteiger partial charge in [0.15, 0.2) is 5.75 Å². The lowest BCUT2D eigenvalue weighted by Gasteiger charge is -2.11. The third-order valence-corrected chi connectivity index (χ3v) is 2.58. The van der Waals surface area contributed by atoms with Gasteiger partial charge >= 0.3 is 0 Å². The van der Waals surface area contributed by atoms with Gasteiger partial charge in [-0.05, 0) is 19.1 Å². The second-order valence-corrected chi connectivity index (χ2v) is 3.97. The third-order valence-electron chi connectivity index (χ3n) is 2.01. The summed E-state index contributed by atoms with van der Waals surface area (Å²) in [4.78, 5) is 11.5. The maximum Gasteiger partial charge on any atom is 0.253 e. The molecule has 88 valence electrons. The Morgan fingerprint density at radius 2 is 1.94 bits per heavy atom. The molecule has 0 aliphatic carbocycles. The van der Waals surface area contributed by atoms with Gasteiger partial charge in [-0.1, -0.05) is 23.2 Å². The molecule has 0 radical (unpaired) electrons. The van der Waals surface area contributed by atoms with Gasteiger partial charge in [-0.2, -0.15) is 0 Å². The zero-order valence-corrected chi connectivity index (χ0v) is 10.3. The van der Waals surface area contributed by atoms with E-state index in [1.54, 1.807) is 6.92 Å². The van der Waals surface area contributed by atoms with Crippen LogP contribution < -0.4 is 5.32 Å². The molecule has 1 unspecified atom stereocenters.